The van der Waals surface area contributed by atoms with Crippen molar-refractivity contribution in [1.29, 1.82) is 0 Å². The highest BCUT2D eigenvalue weighted by molar-refractivity contribution is 7.71. The fourth-order valence-electron chi connectivity index (χ4n) is 1.40. The number of hydrogen-bond acceptors (Lipinski definition) is 4. The molecule has 2 N–H and O–H groups in total. The quantitative estimate of drug-likeness (QED) is 0.747. The van der Waals surface area contributed by atoms with Crippen LogP contribution in [0.4, 0.5) is 0 Å². The van der Waals surface area contributed by atoms with Crippen molar-refractivity contribution in [2.24, 2.45) is 0 Å². The predicted octanol–water partition coefficient (Wildman–Crippen LogP) is 1.13. The first-order valence-corrected chi connectivity index (χ1v) is 4.84. The van der Waals surface area contributed by atoms with Crippen molar-refractivity contribution >= 4 is 12.2 Å². The molecule has 2 aromatic rings. The van der Waals surface area contributed by atoms with Crippen LogP contribution in [0.15, 0.2) is 18.3 Å². The second-order valence-corrected chi connectivity index (χ2v) is 3.43. The van der Waals surface area contributed by atoms with Gasteiger partial charge in [-0.25, -0.2) is 0 Å². The highest BCUT2D eigenvalue weighted by Crippen LogP contribution is 2.13. The fraction of sp³-hybridized carbons (Fsp3) is 0.222. The van der Waals surface area contributed by atoms with Crippen molar-refractivity contribution in [2.45, 2.75) is 13.5 Å². The number of aliphatic hydroxyl groups excluding tert-OH is 1. The number of aliphatic hydroxyl groups is 1. The second kappa shape index (κ2) is 3.92. The molecule has 0 aromatic carbocycles. The zero-order valence-electron chi connectivity index (χ0n) is 8.14. The van der Waals surface area contributed by atoms with Gasteiger partial charge in [-0.3, -0.25) is 14.6 Å². The Morgan fingerprint density at radius 2 is 2.40 bits per heavy atom. The molecule has 0 fully saturated rings. The van der Waals surface area contributed by atoms with E-state index in [1.165, 1.54) is 0 Å². The molecule has 0 atom stereocenters. The zero-order chi connectivity index (χ0) is 10.8. The van der Waals surface area contributed by atoms with E-state index in [0.29, 0.717) is 10.6 Å². The second-order valence-electron chi connectivity index (χ2n) is 3.05. The Morgan fingerprint density at radius 1 is 1.60 bits per heavy atom. The minimum Gasteiger partial charge on any atom is -0.388 e. The Labute approximate surface area is 91.4 Å². The van der Waals surface area contributed by atoms with E-state index in [9.17, 15) is 0 Å². The van der Waals surface area contributed by atoms with Crippen LogP contribution < -0.4 is 0 Å². The molecule has 15 heavy (non-hydrogen) atoms. The van der Waals surface area contributed by atoms with E-state index in [4.69, 9.17) is 17.3 Å². The topological polar surface area (TPSA) is 66.7 Å². The zero-order valence-corrected chi connectivity index (χ0v) is 8.95. The lowest BCUT2D eigenvalue weighted by Gasteiger charge is -2.06. The summed E-state index contributed by atoms with van der Waals surface area (Å²) in [5, 5.41) is 15.7. The van der Waals surface area contributed by atoms with Crippen LogP contribution in [-0.4, -0.2) is 24.9 Å². The number of aryl methyl sites for hydroxylation is 1. The Hall–Kier alpha value is -1.53. The Bertz CT molecular complexity index is 531. The van der Waals surface area contributed by atoms with Crippen molar-refractivity contribution in [2.75, 3.05) is 0 Å². The first kappa shape index (κ1) is 10.0. The van der Waals surface area contributed by atoms with Gasteiger partial charge in [-0.2, -0.15) is 5.10 Å². The number of hydrogen-bond donors (Lipinski definition) is 2. The van der Waals surface area contributed by atoms with E-state index in [0.717, 1.165) is 11.4 Å². The van der Waals surface area contributed by atoms with Crippen LogP contribution in [0.5, 0.6) is 0 Å². The molecule has 2 aromatic heterocycles. The van der Waals surface area contributed by atoms with E-state index in [2.05, 4.69) is 15.2 Å². The Kier molecular flexibility index (Phi) is 2.61. The van der Waals surface area contributed by atoms with Gasteiger partial charge < -0.3 is 5.11 Å². The van der Waals surface area contributed by atoms with Gasteiger partial charge in [0.2, 0.25) is 0 Å². The molecule has 0 amide bonds. The normalized spacial score (nSPS) is 10.5. The Balaban J connectivity index is 2.68. The lowest BCUT2D eigenvalue weighted by Crippen LogP contribution is -2.04. The van der Waals surface area contributed by atoms with E-state index in [1.54, 1.807) is 10.8 Å². The monoisotopic (exact) mass is 222 g/mol. The highest BCUT2D eigenvalue weighted by atomic mass is 32.1. The van der Waals surface area contributed by atoms with Gasteiger partial charge >= 0.3 is 0 Å². The molecular weight excluding hydrogens is 212 g/mol. The standard InChI is InChI=1S/C9H10N4OS/c1-6-7(3-2-4-10-6)13-8(5-14)11-12-9(13)15/h2-4,14H,5H2,1H3,(H,12,15). The van der Waals surface area contributed by atoms with E-state index < -0.39 is 0 Å². The number of nitrogens with one attached hydrogen (secondary N) is 1. The van der Waals surface area contributed by atoms with Crippen molar-refractivity contribution in [3.8, 4) is 5.69 Å². The number of aromatic nitrogens is 4. The maximum absolute atomic E-state index is 9.11. The molecule has 0 saturated heterocycles. The Morgan fingerprint density at radius 3 is 3.07 bits per heavy atom. The summed E-state index contributed by atoms with van der Waals surface area (Å²) >= 11 is 5.09. The van der Waals surface area contributed by atoms with Gasteiger partial charge in [-0.15, -0.1) is 0 Å². The lowest BCUT2D eigenvalue weighted by atomic mass is 10.3. The van der Waals surface area contributed by atoms with Crippen LogP contribution in [-0.2, 0) is 6.61 Å². The number of nitrogens with zero attached hydrogens (tertiary/aromatic N) is 3. The van der Waals surface area contributed by atoms with Gasteiger partial charge in [0.05, 0.1) is 11.4 Å². The van der Waals surface area contributed by atoms with E-state index in [1.807, 2.05) is 19.1 Å². The molecule has 0 saturated carbocycles. The smallest absolute Gasteiger partial charge is 0.199 e. The molecule has 5 nitrogen and oxygen atoms in total. The summed E-state index contributed by atoms with van der Waals surface area (Å²) in [6.07, 6.45) is 1.71. The number of H-pyrrole nitrogens is 1. The summed E-state index contributed by atoms with van der Waals surface area (Å²) in [5.41, 5.74) is 1.67. The number of aromatic amines is 1. The van der Waals surface area contributed by atoms with Crippen LogP contribution in [0.3, 0.4) is 0 Å². The van der Waals surface area contributed by atoms with Crippen molar-refractivity contribution < 1.29 is 5.11 Å². The summed E-state index contributed by atoms with van der Waals surface area (Å²) in [6, 6.07) is 3.70. The third-order valence-electron chi connectivity index (χ3n) is 2.10. The van der Waals surface area contributed by atoms with Gasteiger partial charge in [0.1, 0.15) is 6.61 Å². The maximum atomic E-state index is 9.11. The average molecular weight is 222 g/mol. The fourth-order valence-corrected chi connectivity index (χ4v) is 1.65. The molecular formula is C9H10N4OS. The molecule has 6 heteroatoms. The summed E-state index contributed by atoms with van der Waals surface area (Å²) in [6.45, 7) is 1.72. The van der Waals surface area contributed by atoms with Gasteiger partial charge in [-0.05, 0) is 31.3 Å². The van der Waals surface area contributed by atoms with Crippen LogP contribution in [0.2, 0.25) is 0 Å². The predicted molar refractivity (Wildman–Crippen MR) is 57.2 cm³/mol. The first-order chi connectivity index (χ1) is 7.24. The molecule has 78 valence electrons. The summed E-state index contributed by atoms with van der Waals surface area (Å²) < 4.78 is 2.13. The van der Waals surface area contributed by atoms with Crippen LogP contribution in [0, 0.1) is 11.7 Å². The molecule has 0 spiro atoms. The van der Waals surface area contributed by atoms with Crippen molar-refractivity contribution in [3.63, 3.8) is 0 Å². The third kappa shape index (κ3) is 1.69. The highest BCUT2D eigenvalue weighted by Gasteiger charge is 2.09. The van der Waals surface area contributed by atoms with Crippen LogP contribution in [0.1, 0.15) is 11.5 Å². The summed E-state index contributed by atoms with van der Waals surface area (Å²) in [5.74, 6) is 0.483. The average Bonchev–Trinajstić information content (AvgIpc) is 2.60. The van der Waals surface area contributed by atoms with Gasteiger partial charge in [0, 0.05) is 6.20 Å². The third-order valence-corrected chi connectivity index (χ3v) is 2.38. The molecule has 0 unspecified atom stereocenters. The largest absolute Gasteiger partial charge is 0.388 e. The molecule has 2 heterocycles. The molecule has 0 aliphatic heterocycles. The number of pyridine rings is 1. The van der Waals surface area contributed by atoms with Crippen molar-refractivity contribution in [3.05, 3.63) is 34.6 Å². The molecule has 0 radical (unpaired) electrons. The van der Waals surface area contributed by atoms with Gasteiger partial charge in [-0.1, -0.05) is 0 Å². The van der Waals surface area contributed by atoms with Crippen LogP contribution in [0.25, 0.3) is 5.69 Å². The maximum Gasteiger partial charge on any atom is 0.199 e. The SMILES string of the molecule is Cc1ncccc1-n1c(CO)n[nH]c1=S. The van der Waals surface area contributed by atoms with Gasteiger partial charge in [0.15, 0.2) is 10.6 Å². The molecule has 2 rings (SSSR count). The first-order valence-electron chi connectivity index (χ1n) is 4.43. The molecule has 0 aliphatic carbocycles. The molecule has 0 aliphatic rings. The van der Waals surface area contributed by atoms with Crippen molar-refractivity contribution in [1.82, 2.24) is 19.7 Å². The van der Waals surface area contributed by atoms with E-state index in [-0.39, 0.29) is 6.61 Å². The lowest BCUT2D eigenvalue weighted by molar-refractivity contribution is 0.268. The minimum atomic E-state index is -0.165. The minimum absolute atomic E-state index is 0.165. The summed E-state index contributed by atoms with van der Waals surface area (Å²) in [4.78, 5) is 4.16. The van der Waals surface area contributed by atoms with Gasteiger partial charge in [0.25, 0.3) is 0 Å². The van der Waals surface area contributed by atoms with Crippen LogP contribution >= 0.6 is 12.2 Å². The summed E-state index contributed by atoms with van der Waals surface area (Å²) in [7, 11) is 0. The molecule has 0 bridgehead atoms. The van der Waals surface area contributed by atoms with E-state index >= 15 is 0 Å². The number of rotatable bonds is 2.